The maximum absolute atomic E-state index is 12.7. The molecule has 0 saturated heterocycles. The lowest BCUT2D eigenvalue weighted by Crippen LogP contribution is -2.44. The molecule has 0 aliphatic heterocycles. The second-order valence-corrected chi connectivity index (χ2v) is 6.90. The van der Waals surface area contributed by atoms with Crippen molar-refractivity contribution in [3.05, 3.63) is 65.2 Å². The molecule has 2 rings (SSSR count). The number of carbonyl (C=O) groups excluding carboxylic acids is 3. The smallest absolute Gasteiger partial charge is 0.252 e. The van der Waals surface area contributed by atoms with E-state index in [0.29, 0.717) is 23.2 Å². The maximum atomic E-state index is 12.7. The summed E-state index contributed by atoms with van der Waals surface area (Å²) in [5.74, 6) is -0.901. The Labute approximate surface area is 159 Å². The molecule has 2 aromatic rings. The normalized spacial score (nSPS) is 11.7. The zero-order valence-corrected chi connectivity index (χ0v) is 15.8. The molecule has 4 N–H and O–H groups in total. The van der Waals surface area contributed by atoms with Gasteiger partial charge in [0.1, 0.15) is 6.04 Å². The first-order valence-corrected chi connectivity index (χ1v) is 8.85. The van der Waals surface area contributed by atoms with Gasteiger partial charge in [0, 0.05) is 16.8 Å². The second kappa shape index (κ2) is 8.98. The lowest BCUT2D eigenvalue weighted by Gasteiger charge is -2.21. The highest BCUT2D eigenvalue weighted by Gasteiger charge is 2.23. The van der Waals surface area contributed by atoms with Crippen molar-refractivity contribution in [1.29, 1.82) is 0 Å². The van der Waals surface area contributed by atoms with E-state index in [1.54, 1.807) is 36.4 Å². The number of nitrogens with one attached hydrogen (secondary N) is 2. The molecule has 0 saturated carbocycles. The van der Waals surface area contributed by atoms with Gasteiger partial charge in [-0.25, -0.2) is 0 Å². The summed E-state index contributed by atoms with van der Waals surface area (Å²) in [6.07, 6.45) is 0.503. The number of nitrogens with two attached hydrogens (primary N) is 1. The van der Waals surface area contributed by atoms with Crippen LogP contribution in [0, 0.1) is 12.8 Å². The van der Waals surface area contributed by atoms with Crippen LogP contribution in [0.25, 0.3) is 0 Å². The molecule has 0 spiro atoms. The number of hydrogen-bond donors (Lipinski definition) is 3. The van der Waals surface area contributed by atoms with E-state index < -0.39 is 11.9 Å². The van der Waals surface area contributed by atoms with Crippen LogP contribution in [0.15, 0.2) is 48.5 Å². The average Bonchev–Trinajstić information content (AvgIpc) is 2.61. The lowest BCUT2D eigenvalue weighted by atomic mass is 10.0. The van der Waals surface area contributed by atoms with Crippen LogP contribution in [0.3, 0.4) is 0 Å². The number of anilines is 1. The van der Waals surface area contributed by atoms with E-state index >= 15 is 0 Å². The largest absolute Gasteiger partial charge is 0.366 e. The van der Waals surface area contributed by atoms with Gasteiger partial charge in [-0.2, -0.15) is 0 Å². The molecular formula is C21H25N3O3. The van der Waals surface area contributed by atoms with Crippen LogP contribution in [0.4, 0.5) is 5.69 Å². The van der Waals surface area contributed by atoms with Gasteiger partial charge in [-0.1, -0.05) is 32.0 Å². The summed E-state index contributed by atoms with van der Waals surface area (Å²) in [5, 5.41) is 5.61. The van der Waals surface area contributed by atoms with E-state index in [-0.39, 0.29) is 17.7 Å². The van der Waals surface area contributed by atoms with Crippen LogP contribution in [0.2, 0.25) is 0 Å². The third-order valence-electron chi connectivity index (χ3n) is 4.16. The van der Waals surface area contributed by atoms with Crippen molar-refractivity contribution in [2.24, 2.45) is 11.7 Å². The average molecular weight is 367 g/mol. The van der Waals surface area contributed by atoms with Crippen LogP contribution in [0.5, 0.6) is 0 Å². The molecule has 142 valence electrons. The Morgan fingerprint density at radius 3 is 2.19 bits per heavy atom. The van der Waals surface area contributed by atoms with Crippen LogP contribution in [-0.2, 0) is 4.79 Å². The Bertz CT molecular complexity index is 829. The molecule has 6 heteroatoms. The number of aryl methyl sites for hydroxylation is 1. The zero-order valence-electron chi connectivity index (χ0n) is 15.8. The van der Waals surface area contributed by atoms with Crippen molar-refractivity contribution in [3.63, 3.8) is 0 Å². The highest BCUT2D eigenvalue weighted by atomic mass is 16.2. The van der Waals surface area contributed by atoms with Gasteiger partial charge in [0.15, 0.2) is 0 Å². The first kappa shape index (κ1) is 20.2. The topological polar surface area (TPSA) is 101 Å². The molecule has 0 bridgehead atoms. The van der Waals surface area contributed by atoms with Crippen LogP contribution in [-0.4, -0.2) is 23.8 Å². The standard InChI is InChI=1S/C21H25N3O3/c1-13(2)12-18(24-20(26)17-7-5-4-6-14(17)3)21(27)23-16-10-8-15(9-11-16)19(22)25/h4-11,13,18H,12H2,1-3H3,(H2,22,25)(H,23,27)(H,24,26). The Morgan fingerprint density at radius 1 is 1.00 bits per heavy atom. The fourth-order valence-corrected chi connectivity index (χ4v) is 2.71. The van der Waals surface area contributed by atoms with Gasteiger partial charge in [-0.3, -0.25) is 14.4 Å². The van der Waals surface area contributed by atoms with E-state index in [1.165, 1.54) is 0 Å². The summed E-state index contributed by atoms with van der Waals surface area (Å²) < 4.78 is 0. The molecule has 0 aromatic heterocycles. The van der Waals surface area contributed by atoms with E-state index in [4.69, 9.17) is 5.73 Å². The van der Waals surface area contributed by atoms with Gasteiger partial charge in [-0.05, 0) is 55.2 Å². The van der Waals surface area contributed by atoms with Crippen molar-refractivity contribution in [2.75, 3.05) is 5.32 Å². The molecule has 0 radical (unpaired) electrons. The summed E-state index contributed by atoms with van der Waals surface area (Å²) in [5.41, 5.74) is 7.50. The first-order valence-electron chi connectivity index (χ1n) is 8.85. The van der Waals surface area contributed by atoms with Crippen molar-refractivity contribution in [2.45, 2.75) is 33.2 Å². The van der Waals surface area contributed by atoms with Gasteiger partial charge in [0.25, 0.3) is 5.91 Å². The van der Waals surface area contributed by atoms with Crippen molar-refractivity contribution >= 4 is 23.4 Å². The quantitative estimate of drug-likeness (QED) is 0.701. The summed E-state index contributed by atoms with van der Waals surface area (Å²) in [7, 11) is 0. The maximum Gasteiger partial charge on any atom is 0.252 e. The lowest BCUT2D eigenvalue weighted by molar-refractivity contribution is -0.118. The zero-order chi connectivity index (χ0) is 20.0. The summed E-state index contributed by atoms with van der Waals surface area (Å²) >= 11 is 0. The van der Waals surface area contributed by atoms with Gasteiger partial charge >= 0.3 is 0 Å². The molecule has 6 nitrogen and oxygen atoms in total. The van der Waals surface area contributed by atoms with Crippen LogP contribution < -0.4 is 16.4 Å². The molecule has 0 heterocycles. The number of hydrogen-bond acceptors (Lipinski definition) is 3. The van der Waals surface area contributed by atoms with Crippen molar-refractivity contribution in [1.82, 2.24) is 5.32 Å². The van der Waals surface area contributed by atoms with Gasteiger partial charge in [-0.15, -0.1) is 0 Å². The summed E-state index contributed by atoms with van der Waals surface area (Å²) in [6.45, 7) is 5.83. The molecule has 1 atom stereocenters. The molecular weight excluding hydrogens is 342 g/mol. The second-order valence-electron chi connectivity index (χ2n) is 6.90. The number of primary amides is 1. The molecule has 0 aliphatic rings. The monoisotopic (exact) mass is 367 g/mol. The van der Waals surface area contributed by atoms with E-state index in [0.717, 1.165) is 5.56 Å². The fourth-order valence-electron chi connectivity index (χ4n) is 2.71. The summed E-state index contributed by atoms with van der Waals surface area (Å²) in [4.78, 5) is 36.4. The van der Waals surface area contributed by atoms with E-state index in [1.807, 2.05) is 32.9 Å². The van der Waals surface area contributed by atoms with Crippen molar-refractivity contribution in [3.8, 4) is 0 Å². The number of rotatable bonds is 7. The third-order valence-corrected chi connectivity index (χ3v) is 4.16. The molecule has 0 aliphatic carbocycles. The van der Waals surface area contributed by atoms with Gasteiger partial charge in [0.2, 0.25) is 11.8 Å². The molecule has 3 amide bonds. The highest BCUT2D eigenvalue weighted by Crippen LogP contribution is 2.13. The van der Waals surface area contributed by atoms with E-state index in [2.05, 4.69) is 10.6 Å². The number of carbonyl (C=O) groups is 3. The molecule has 2 aromatic carbocycles. The number of benzene rings is 2. The fraction of sp³-hybridized carbons (Fsp3) is 0.286. The SMILES string of the molecule is Cc1ccccc1C(=O)NC(CC(C)C)C(=O)Nc1ccc(C(N)=O)cc1. The first-order chi connectivity index (χ1) is 12.8. The Morgan fingerprint density at radius 2 is 1.63 bits per heavy atom. The Kier molecular flexibility index (Phi) is 6.71. The van der Waals surface area contributed by atoms with Gasteiger partial charge in [0.05, 0.1) is 0 Å². The van der Waals surface area contributed by atoms with Crippen LogP contribution in [0.1, 0.15) is 46.5 Å². The predicted molar refractivity (Wildman–Crippen MR) is 105 cm³/mol. The minimum atomic E-state index is -0.673. The molecule has 27 heavy (non-hydrogen) atoms. The molecule has 0 fully saturated rings. The van der Waals surface area contributed by atoms with Gasteiger partial charge < -0.3 is 16.4 Å². The minimum absolute atomic E-state index is 0.218. The highest BCUT2D eigenvalue weighted by molar-refractivity contribution is 6.02. The Hall–Kier alpha value is -3.15. The number of amides is 3. The van der Waals surface area contributed by atoms with Crippen molar-refractivity contribution < 1.29 is 14.4 Å². The third kappa shape index (κ3) is 5.67. The van der Waals surface area contributed by atoms with Crippen LogP contribution >= 0.6 is 0 Å². The summed E-state index contributed by atoms with van der Waals surface area (Å²) in [6, 6.07) is 12.9. The minimum Gasteiger partial charge on any atom is -0.366 e. The van der Waals surface area contributed by atoms with E-state index in [9.17, 15) is 14.4 Å². The molecule has 1 unspecified atom stereocenters. The predicted octanol–water partition coefficient (Wildman–Crippen LogP) is 2.88. The Balaban J connectivity index is 2.12.